The lowest BCUT2D eigenvalue weighted by molar-refractivity contribution is -0.144. The van der Waals surface area contributed by atoms with E-state index in [2.05, 4.69) is 4.98 Å². The van der Waals surface area contributed by atoms with Gasteiger partial charge >= 0.3 is 0 Å². The van der Waals surface area contributed by atoms with Gasteiger partial charge in [0.2, 0.25) is 0 Å². The number of nitrogens with zero attached hydrogens (tertiary/aromatic N) is 1. The lowest BCUT2D eigenvalue weighted by atomic mass is 9.96. The second kappa shape index (κ2) is 7.17. The second-order valence-corrected chi connectivity index (χ2v) is 7.51. The predicted octanol–water partition coefficient (Wildman–Crippen LogP) is 3.63. The second-order valence-electron chi connectivity index (χ2n) is 6.64. The molecule has 2 unspecified atom stereocenters. The molecule has 0 saturated heterocycles. The lowest BCUT2D eigenvalue weighted by Gasteiger charge is -2.36. The summed E-state index contributed by atoms with van der Waals surface area (Å²) in [6.45, 7) is 0.161. The van der Waals surface area contributed by atoms with Crippen LogP contribution in [0.3, 0.4) is 0 Å². The molecule has 0 spiro atoms. The van der Waals surface area contributed by atoms with Gasteiger partial charge < -0.3 is 20.1 Å². The third-order valence-electron chi connectivity index (χ3n) is 5.09. The van der Waals surface area contributed by atoms with Crippen molar-refractivity contribution in [2.24, 2.45) is 0 Å². The van der Waals surface area contributed by atoms with Gasteiger partial charge in [0.15, 0.2) is 6.10 Å². The summed E-state index contributed by atoms with van der Waals surface area (Å²) in [5.74, 6) is -0.446. The van der Waals surface area contributed by atoms with Crippen molar-refractivity contribution in [1.82, 2.24) is 9.88 Å². The molecule has 2 heterocycles. The number of hydrogen-bond donors (Lipinski definition) is 3. The Bertz CT molecular complexity index is 1000. The van der Waals surface area contributed by atoms with Gasteiger partial charge in [0.1, 0.15) is 0 Å². The third kappa shape index (κ3) is 3.21. The molecule has 2 atom stereocenters. The van der Waals surface area contributed by atoms with Gasteiger partial charge in [-0.1, -0.05) is 35.3 Å². The van der Waals surface area contributed by atoms with Crippen molar-refractivity contribution in [1.29, 1.82) is 0 Å². The summed E-state index contributed by atoms with van der Waals surface area (Å²) in [4.78, 5) is 17.8. The van der Waals surface area contributed by atoms with E-state index in [1.165, 1.54) is 4.90 Å². The maximum Gasteiger partial charge on any atom is 0.256 e. The first-order chi connectivity index (χ1) is 13.0. The van der Waals surface area contributed by atoms with Gasteiger partial charge in [-0.15, -0.1) is 0 Å². The van der Waals surface area contributed by atoms with Gasteiger partial charge in [0.05, 0.1) is 12.6 Å². The molecule has 0 bridgehead atoms. The molecule has 1 aliphatic rings. The Morgan fingerprint density at radius 2 is 1.89 bits per heavy atom. The Kier molecular flexibility index (Phi) is 4.86. The van der Waals surface area contributed by atoms with Crippen LogP contribution in [-0.2, 0) is 11.2 Å². The van der Waals surface area contributed by atoms with E-state index in [1.807, 2.05) is 12.1 Å². The molecule has 0 saturated carbocycles. The number of rotatable bonds is 3. The van der Waals surface area contributed by atoms with Gasteiger partial charge in [0.25, 0.3) is 5.91 Å². The molecule has 1 aliphatic heterocycles. The molecular formula is C20H18Cl2N2O3. The minimum Gasteiger partial charge on any atom is -0.394 e. The van der Waals surface area contributed by atoms with Crippen LogP contribution in [0.4, 0.5) is 0 Å². The number of hydrogen-bond acceptors (Lipinski definition) is 3. The number of aromatic amines is 1. The summed E-state index contributed by atoms with van der Waals surface area (Å²) in [6.07, 6.45) is -0.692. The minimum atomic E-state index is -1.31. The van der Waals surface area contributed by atoms with Crippen molar-refractivity contribution in [3.05, 3.63) is 69.3 Å². The van der Waals surface area contributed by atoms with Crippen molar-refractivity contribution in [3.63, 3.8) is 0 Å². The Balaban J connectivity index is 1.67. The van der Waals surface area contributed by atoms with Crippen LogP contribution in [0.15, 0.2) is 42.5 Å². The average molecular weight is 405 g/mol. The van der Waals surface area contributed by atoms with E-state index in [1.54, 1.807) is 30.3 Å². The molecule has 1 amide bonds. The molecule has 5 nitrogen and oxygen atoms in total. The van der Waals surface area contributed by atoms with Crippen LogP contribution in [0.5, 0.6) is 0 Å². The number of carbonyl (C=O) groups is 1. The standard InChI is InChI=1S/C20H18Cl2N2O3/c21-12-3-1-11(2-4-12)19(26)20(27)24-8-7-14-15-9-13(22)5-6-16(15)23-18(14)17(24)10-25/h1-6,9,17,19,23,25-26H,7-8,10H2. The Morgan fingerprint density at radius 1 is 1.19 bits per heavy atom. The van der Waals surface area contributed by atoms with Crippen molar-refractivity contribution in [2.75, 3.05) is 13.2 Å². The molecule has 0 radical (unpaired) electrons. The Morgan fingerprint density at radius 3 is 2.59 bits per heavy atom. The van der Waals surface area contributed by atoms with Crippen LogP contribution in [-0.4, -0.2) is 39.2 Å². The van der Waals surface area contributed by atoms with E-state index in [0.717, 1.165) is 22.2 Å². The van der Waals surface area contributed by atoms with E-state index in [4.69, 9.17) is 23.2 Å². The summed E-state index contributed by atoms with van der Waals surface area (Å²) in [6, 6.07) is 11.5. The normalized spacial score (nSPS) is 17.8. The van der Waals surface area contributed by atoms with Crippen LogP contribution in [0.1, 0.15) is 29.0 Å². The van der Waals surface area contributed by atoms with Crippen LogP contribution in [0.25, 0.3) is 10.9 Å². The van der Waals surface area contributed by atoms with Crippen LogP contribution in [0.2, 0.25) is 10.0 Å². The highest BCUT2D eigenvalue weighted by molar-refractivity contribution is 6.31. The topological polar surface area (TPSA) is 76.6 Å². The van der Waals surface area contributed by atoms with Crippen molar-refractivity contribution < 1.29 is 15.0 Å². The number of fused-ring (bicyclic) bond motifs is 3. The Labute approximate surface area is 166 Å². The first-order valence-electron chi connectivity index (χ1n) is 8.64. The van der Waals surface area contributed by atoms with Gasteiger partial charge in [-0.2, -0.15) is 0 Å². The van der Waals surface area contributed by atoms with Gasteiger partial charge in [-0.25, -0.2) is 0 Å². The molecule has 3 aromatic rings. The molecule has 140 valence electrons. The SMILES string of the molecule is O=C(C(O)c1ccc(Cl)cc1)N1CCc2c([nH]c3ccc(Cl)cc23)C1CO. The molecule has 3 N–H and O–H groups in total. The average Bonchev–Trinajstić information content (AvgIpc) is 3.04. The number of halogens is 2. The van der Waals surface area contributed by atoms with Gasteiger partial charge in [-0.05, 0) is 47.9 Å². The van der Waals surface area contributed by atoms with E-state index in [9.17, 15) is 15.0 Å². The van der Waals surface area contributed by atoms with Crippen molar-refractivity contribution in [3.8, 4) is 0 Å². The lowest BCUT2D eigenvalue weighted by Crippen LogP contribution is -2.44. The summed E-state index contributed by atoms with van der Waals surface area (Å²) < 4.78 is 0. The Hall–Kier alpha value is -2.05. The number of aromatic nitrogens is 1. The minimum absolute atomic E-state index is 0.243. The first kappa shape index (κ1) is 18.3. The number of aliphatic hydroxyl groups excluding tert-OH is 2. The smallest absolute Gasteiger partial charge is 0.256 e. The van der Waals surface area contributed by atoms with Gasteiger partial charge in [-0.3, -0.25) is 4.79 Å². The van der Waals surface area contributed by atoms with E-state index in [-0.39, 0.29) is 6.61 Å². The monoisotopic (exact) mass is 404 g/mol. The largest absolute Gasteiger partial charge is 0.394 e. The molecule has 7 heteroatoms. The highest BCUT2D eigenvalue weighted by Gasteiger charge is 2.35. The zero-order chi connectivity index (χ0) is 19.1. The predicted molar refractivity (Wildman–Crippen MR) is 105 cm³/mol. The zero-order valence-electron chi connectivity index (χ0n) is 14.3. The number of carbonyl (C=O) groups excluding carboxylic acids is 1. The van der Waals surface area contributed by atoms with E-state index < -0.39 is 18.1 Å². The fourth-order valence-electron chi connectivity index (χ4n) is 3.74. The first-order valence-corrected chi connectivity index (χ1v) is 9.40. The van der Waals surface area contributed by atoms with E-state index in [0.29, 0.717) is 28.6 Å². The zero-order valence-corrected chi connectivity index (χ0v) is 15.8. The van der Waals surface area contributed by atoms with Crippen LogP contribution < -0.4 is 0 Å². The number of aliphatic hydroxyl groups is 2. The molecule has 4 rings (SSSR count). The fraction of sp³-hybridized carbons (Fsp3) is 0.250. The summed E-state index contributed by atoms with van der Waals surface area (Å²) in [7, 11) is 0. The molecule has 2 aromatic carbocycles. The number of benzene rings is 2. The van der Waals surface area contributed by atoms with E-state index >= 15 is 0 Å². The summed E-state index contributed by atoms with van der Waals surface area (Å²) in [5, 5.41) is 22.7. The highest BCUT2D eigenvalue weighted by Crippen LogP contribution is 2.36. The molecule has 0 fully saturated rings. The fourth-order valence-corrected chi connectivity index (χ4v) is 4.03. The quantitative estimate of drug-likeness (QED) is 0.623. The maximum atomic E-state index is 12.9. The molecule has 0 aliphatic carbocycles. The van der Waals surface area contributed by atoms with Crippen LogP contribution >= 0.6 is 23.2 Å². The van der Waals surface area contributed by atoms with Gasteiger partial charge in [0, 0.05) is 33.2 Å². The van der Waals surface area contributed by atoms with Crippen molar-refractivity contribution in [2.45, 2.75) is 18.6 Å². The molecule has 1 aromatic heterocycles. The van der Waals surface area contributed by atoms with Crippen LogP contribution in [0, 0.1) is 0 Å². The van der Waals surface area contributed by atoms with Crippen molar-refractivity contribution >= 4 is 40.0 Å². The number of H-pyrrole nitrogens is 1. The number of amides is 1. The molecule has 27 heavy (non-hydrogen) atoms. The molecular weight excluding hydrogens is 387 g/mol. The highest BCUT2D eigenvalue weighted by atomic mass is 35.5. The summed E-state index contributed by atoms with van der Waals surface area (Å²) in [5.41, 5.74) is 3.22. The maximum absolute atomic E-state index is 12.9. The number of nitrogens with one attached hydrogen (secondary N) is 1. The summed E-state index contributed by atoms with van der Waals surface area (Å²) >= 11 is 12.0. The third-order valence-corrected chi connectivity index (χ3v) is 5.58.